The number of methoxy groups -OCH3 is 1. The van der Waals surface area contributed by atoms with Gasteiger partial charge in [0.25, 0.3) is 0 Å². The number of rotatable bonds is 9. The fourth-order valence-electron chi connectivity index (χ4n) is 1.66. The highest BCUT2D eigenvalue weighted by molar-refractivity contribution is 5.78. The fourth-order valence-corrected chi connectivity index (χ4v) is 1.66. The van der Waals surface area contributed by atoms with E-state index in [1.807, 2.05) is 0 Å². The van der Waals surface area contributed by atoms with E-state index in [9.17, 15) is 13.2 Å². The first-order chi connectivity index (χ1) is 11.0. The normalized spacial score (nSPS) is 12.3. The Hall–Kier alpha value is -1.80. The second-order valence-electron chi connectivity index (χ2n) is 4.68. The number of hydrogen-bond donors (Lipinski definition) is 1. The highest BCUT2D eigenvalue weighted by atomic mass is 19.4. The summed E-state index contributed by atoms with van der Waals surface area (Å²) in [5.74, 6) is 0.550. The lowest BCUT2D eigenvalue weighted by atomic mass is 10.2. The number of nitrogens with two attached hydrogens (primary N) is 1. The molecule has 0 saturated heterocycles. The van der Waals surface area contributed by atoms with Gasteiger partial charge in [-0.05, 0) is 37.1 Å². The minimum absolute atomic E-state index is 0.234. The molecule has 130 valence electrons. The van der Waals surface area contributed by atoms with E-state index in [4.69, 9.17) is 20.0 Å². The standard InChI is InChI=1S/C15H21F3N2O3/c1-21-10-3-2-4-14(20-22-11-9-19)23-13-7-5-12(6-8-13)15(16,17)18/h5-8H,2-4,9-11,19H2,1H3/b20-14+. The number of oxime groups is 1. The smallest absolute Gasteiger partial charge is 0.416 e. The van der Waals surface area contributed by atoms with Crippen LogP contribution in [0, 0.1) is 0 Å². The lowest BCUT2D eigenvalue weighted by Gasteiger charge is -2.10. The van der Waals surface area contributed by atoms with Gasteiger partial charge in [-0.3, -0.25) is 0 Å². The van der Waals surface area contributed by atoms with Crippen molar-refractivity contribution in [2.24, 2.45) is 10.9 Å². The van der Waals surface area contributed by atoms with Crippen molar-refractivity contribution in [1.29, 1.82) is 0 Å². The molecule has 0 heterocycles. The number of ether oxygens (including phenoxy) is 2. The lowest BCUT2D eigenvalue weighted by Crippen LogP contribution is -2.12. The molecular weight excluding hydrogens is 313 g/mol. The Bertz CT molecular complexity index is 476. The molecule has 0 radical (unpaired) electrons. The number of alkyl halides is 3. The Morgan fingerprint density at radius 1 is 1.13 bits per heavy atom. The summed E-state index contributed by atoms with van der Waals surface area (Å²) in [5, 5.41) is 3.83. The second-order valence-corrected chi connectivity index (χ2v) is 4.68. The van der Waals surface area contributed by atoms with E-state index in [1.165, 1.54) is 12.1 Å². The molecule has 0 atom stereocenters. The van der Waals surface area contributed by atoms with E-state index in [0.717, 1.165) is 25.0 Å². The van der Waals surface area contributed by atoms with Gasteiger partial charge in [0.2, 0.25) is 5.90 Å². The minimum Gasteiger partial charge on any atom is -0.440 e. The van der Waals surface area contributed by atoms with E-state index in [-0.39, 0.29) is 18.3 Å². The first-order valence-electron chi connectivity index (χ1n) is 7.20. The van der Waals surface area contributed by atoms with Crippen molar-refractivity contribution in [3.63, 3.8) is 0 Å². The van der Waals surface area contributed by atoms with E-state index in [0.29, 0.717) is 19.6 Å². The largest absolute Gasteiger partial charge is 0.440 e. The van der Waals surface area contributed by atoms with Crippen molar-refractivity contribution < 1.29 is 27.5 Å². The van der Waals surface area contributed by atoms with Gasteiger partial charge in [0.05, 0.1) is 5.56 Å². The van der Waals surface area contributed by atoms with Gasteiger partial charge in [0, 0.05) is 26.7 Å². The molecule has 0 unspecified atom stereocenters. The van der Waals surface area contributed by atoms with Crippen LogP contribution in [0.2, 0.25) is 0 Å². The van der Waals surface area contributed by atoms with Crippen LogP contribution in [0.1, 0.15) is 24.8 Å². The summed E-state index contributed by atoms with van der Waals surface area (Å²) < 4.78 is 48.0. The van der Waals surface area contributed by atoms with Gasteiger partial charge in [-0.2, -0.15) is 13.2 Å². The van der Waals surface area contributed by atoms with Gasteiger partial charge in [0.1, 0.15) is 12.4 Å². The van der Waals surface area contributed by atoms with Crippen LogP contribution >= 0.6 is 0 Å². The average molecular weight is 334 g/mol. The monoisotopic (exact) mass is 334 g/mol. The molecule has 5 nitrogen and oxygen atoms in total. The highest BCUT2D eigenvalue weighted by Gasteiger charge is 2.30. The summed E-state index contributed by atoms with van der Waals surface area (Å²) in [6, 6.07) is 4.41. The quantitative estimate of drug-likeness (QED) is 0.326. The summed E-state index contributed by atoms with van der Waals surface area (Å²) >= 11 is 0. The molecule has 0 saturated carbocycles. The Morgan fingerprint density at radius 3 is 2.39 bits per heavy atom. The van der Waals surface area contributed by atoms with Crippen molar-refractivity contribution in [2.45, 2.75) is 25.4 Å². The van der Waals surface area contributed by atoms with Gasteiger partial charge in [-0.1, -0.05) is 5.16 Å². The van der Waals surface area contributed by atoms with Gasteiger partial charge >= 0.3 is 6.18 Å². The first kappa shape index (κ1) is 19.2. The maximum atomic E-state index is 12.5. The van der Waals surface area contributed by atoms with E-state index >= 15 is 0 Å². The Labute approximate surface area is 133 Å². The predicted octanol–water partition coefficient (Wildman–Crippen LogP) is 3.19. The van der Waals surface area contributed by atoms with Gasteiger partial charge in [-0.15, -0.1) is 0 Å². The van der Waals surface area contributed by atoms with Crippen molar-refractivity contribution in [3.05, 3.63) is 29.8 Å². The summed E-state index contributed by atoms with van der Waals surface area (Å²) in [6.45, 7) is 1.15. The molecule has 1 aromatic rings. The summed E-state index contributed by atoms with van der Waals surface area (Å²) in [5.41, 5.74) is 4.57. The van der Waals surface area contributed by atoms with Crippen LogP contribution in [0.5, 0.6) is 5.75 Å². The SMILES string of the molecule is COCCCC/C(=N\OCCN)Oc1ccc(C(F)(F)F)cc1. The third-order valence-corrected chi connectivity index (χ3v) is 2.78. The minimum atomic E-state index is -4.38. The van der Waals surface area contributed by atoms with Crippen LogP contribution in [0.3, 0.4) is 0 Å². The number of hydrogen-bond acceptors (Lipinski definition) is 5. The molecule has 0 amide bonds. The molecule has 0 aliphatic heterocycles. The zero-order valence-corrected chi connectivity index (χ0v) is 12.9. The average Bonchev–Trinajstić information content (AvgIpc) is 2.51. The van der Waals surface area contributed by atoms with Crippen LogP contribution < -0.4 is 10.5 Å². The molecule has 0 aliphatic carbocycles. The van der Waals surface area contributed by atoms with Gasteiger partial charge in [0.15, 0.2) is 0 Å². The van der Waals surface area contributed by atoms with Crippen LogP contribution in [-0.4, -0.2) is 32.8 Å². The van der Waals surface area contributed by atoms with Crippen LogP contribution in [0.25, 0.3) is 0 Å². The highest BCUT2D eigenvalue weighted by Crippen LogP contribution is 2.30. The maximum absolute atomic E-state index is 12.5. The van der Waals surface area contributed by atoms with E-state index in [2.05, 4.69) is 5.16 Å². The van der Waals surface area contributed by atoms with Crippen molar-refractivity contribution in [2.75, 3.05) is 26.9 Å². The molecule has 2 N–H and O–H groups in total. The van der Waals surface area contributed by atoms with Crippen LogP contribution in [-0.2, 0) is 15.8 Å². The zero-order valence-electron chi connectivity index (χ0n) is 12.9. The topological polar surface area (TPSA) is 66.1 Å². The van der Waals surface area contributed by atoms with Crippen LogP contribution in [0.15, 0.2) is 29.4 Å². The predicted molar refractivity (Wildman–Crippen MR) is 80.2 cm³/mol. The van der Waals surface area contributed by atoms with Crippen LogP contribution in [0.4, 0.5) is 13.2 Å². The molecule has 0 spiro atoms. The summed E-state index contributed by atoms with van der Waals surface area (Å²) in [6.07, 6.45) is -2.34. The third kappa shape index (κ3) is 7.85. The molecule has 1 rings (SSSR count). The number of unbranched alkanes of at least 4 members (excludes halogenated alkanes) is 1. The molecule has 0 fully saturated rings. The van der Waals surface area contributed by atoms with Gasteiger partial charge < -0.3 is 20.0 Å². The van der Waals surface area contributed by atoms with Gasteiger partial charge in [-0.25, -0.2) is 0 Å². The molecule has 0 aliphatic rings. The van der Waals surface area contributed by atoms with Crippen molar-refractivity contribution in [1.82, 2.24) is 0 Å². The lowest BCUT2D eigenvalue weighted by molar-refractivity contribution is -0.137. The molecule has 0 aromatic heterocycles. The zero-order chi connectivity index (χ0) is 17.1. The first-order valence-corrected chi connectivity index (χ1v) is 7.20. The Morgan fingerprint density at radius 2 is 1.83 bits per heavy atom. The number of nitrogens with zero attached hydrogens (tertiary/aromatic N) is 1. The van der Waals surface area contributed by atoms with E-state index < -0.39 is 11.7 Å². The molecular formula is C15H21F3N2O3. The van der Waals surface area contributed by atoms with E-state index in [1.54, 1.807) is 7.11 Å². The van der Waals surface area contributed by atoms with Crippen molar-refractivity contribution >= 4 is 5.90 Å². The molecule has 0 bridgehead atoms. The molecule has 8 heteroatoms. The van der Waals surface area contributed by atoms with Crippen molar-refractivity contribution in [3.8, 4) is 5.75 Å². The maximum Gasteiger partial charge on any atom is 0.416 e. The molecule has 1 aromatic carbocycles. The number of halogens is 3. The summed E-state index contributed by atoms with van der Waals surface area (Å²) in [4.78, 5) is 4.98. The Balaban J connectivity index is 2.65. The summed E-state index contributed by atoms with van der Waals surface area (Å²) in [7, 11) is 1.61. The third-order valence-electron chi connectivity index (χ3n) is 2.78. The second kappa shape index (κ2) is 10.1. The molecule has 23 heavy (non-hydrogen) atoms. The Kier molecular flexibility index (Phi) is 8.42. The number of benzene rings is 1. The fraction of sp³-hybridized carbons (Fsp3) is 0.533.